The van der Waals surface area contributed by atoms with Gasteiger partial charge in [-0.15, -0.1) is 0 Å². The summed E-state index contributed by atoms with van der Waals surface area (Å²) in [6, 6.07) is 19.0. The van der Waals surface area contributed by atoms with Crippen LogP contribution in [0.1, 0.15) is 33.6 Å². The molecule has 6 rings (SSSR count). The number of rotatable bonds is 8. The smallest absolute Gasteiger partial charge is 0.338 e. The number of hydrogen-bond donors (Lipinski definition) is 1. The van der Waals surface area contributed by atoms with Crippen molar-refractivity contribution in [3.8, 4) is 0 Å². The average Bonchev–Trinajstić information content (AvgIpc) is 3.48. The van der Waals surface area contributed by atoms with Gasteiger partial charge in [0.2, 0.25) is 17.7 Å². The first-order chi connectivity index (χ1) is 22.1. The number of esters is 1. The monoisotopic (exact) mass is 660 g/mol. The lowest BCUT2D eigenvalue weighted by atomic mass is 9.83. The zero-order chi connectivity index (χ0) is 32.7. The van der Waals surface area contributed by atoms with E-state index >= 15 is 0 Å². The number of carbonyl (C=O) groups is 4. The first-order valence-electron chi connectivity index (χ1n) is 14.4. The van der Waals surface area contributed by atoms with Gasteiger partial charge in [-0.1, -0.05) is 35.2 Å². The number of benzene rings is 3. The summed E-state index contributed by atoms with van der Waals surface area (Å²) < 4.78 is 20.0. The summed E-state index contributed by atoms with van der Waals surface area (Å²) in [4.78, 5) is 69.6. The molecule has 1 N–H and O–H groups in total. The summed E-state index contributed by atoms with van der Waals surface area (Å²) in [5.41, 5.74) is 2.72. The number of hydrogen-bond acceptors (Lipinski definition) is 9. The highest BCUT2D eigenvalue weighted by atomic mass is 32.2. The van der Waals surface area contributed by atoms with Gasteiger partial charge in [0.25, 0.3) is 0 Å². The first-order valence-corrected chi connectivity index (χ1v) is 16.1. The van der Waals surface area contributed by atoms with Crippen molar-refractivity contribution in [3.05, 3.63) is 104 Å². The first kappa shape index (κ1) is 31.2. The lowest BCUT2D eigenvalue weighted by Crippen LogP contribution is -2.33. The fourth-order valence-electron chi connectivity index (χ4n) is 5.69. The van der Waals surface area contributed by atoms with Gasteiger partial charge in [-0.25, -0.2) is 14.1 Å². The minimum atomic E-state index is -0.873. The maximum absolute atomic E-state index is 14.0. The van der Waals surface area contributed by atoms with E-state index in [-0.39, 0.29) is 18.8 Å². The maximum atomic E-state index is 14.0. The van der Waals surface area contributed by atoms with E-state index in [1.165, 1.54) is 41.0 Å². The molecule has 10 nitrogen and oxygen atoms in total. The molecule has 3 atom stereocenters. The molecular weight excluding hydrogens is 632 g/mol. The molecule has 4 aromatic rings. The molecule has 3 aromatic carbocycles. The van der Waals surface area contributed by atoms with E-state index in [9.17, 15) is 28.4 Å². The van der Waals surface area contributed by atoms with Crippen LogP contribution in [0.15, 0.2) is 82.6 Å². The van der Waals surface area contributed by atoms with E-state index < -0.39 is 51.5 Å². The number of ether oxygens (including phenoxy) is 1. The number of imide groups is 1. The highest BCUT2D eigenvalue weighted by Gasteiger charge is 2.56. The van der Waals surface area contributed by atoms with Crippen LogP contribution in [0, 0.1) is 11.7 Å². The SMILES string of the molecule is CCOC(=O)c1ccc(NC(=O)Cn2c3c(sc2=O)C(c2ccc(N(C)C)cc2)C2C(=O)N(c4ccc(F)cc4)C(=O)C2S3)cc1. The van der Waals surface area contributed by atoms with Gasteiger partial charge in [0, 0.05) is 36.3 Å². The molecule has 1 saturated heterocycles. The minimum Gasteiger partial charge on any atom is -0.462 e. The Morgan fingerprint density at radius 1 is 0.935 bits per heavy atom. The van der Waals surface area contributed by atoms with Crippen LogP contribution < -0.4 is 20.0 Å². The Balaban J connectivity index is 1.34. The zero-order valence-electron chi connectivity index (χ0n) is 25.1. The second kappa shape index (κ2) is 12.6. The largest absolute Gasteiger partial charge is 0.462 e. The second-order valence-electron chi connectivity index (χ2n) is 11.0. The quantitative estimate of drug-likeness (QED) is 0.213. The Morgan fingerprint density at radius 2 is 1.61 bits per heavy atom. The van der Waals surface area contributed by atoms with Crippen LogP contribution in [0.5, 0.6) is 0 Å². The topological polar surface area (TPSA) is 118 Å². The third-order valence-corrected chi connectivity index (χ3v) is 10.5. The Kier molecular flexibility index (Phi) is 8.53. The Bertz CT molecular complexity index is 1890. The number of anilines is 3. The number of aromatic nitrogens is 1. The lowest BCUT2D eigenvalue weighted by molar-refractivity contribution is -0.122. The third kappa shape index (κ3) is 5.71. The molecule has 236 valence electrons. The summed E-state index contributed by atoms with van der Waals surface area (Å²) in [7, 11) is 3.82. The number of amides is 3. The van der Waals surface area contributed by atoms with Crippen LogP contribution in [0.25, 0.3) is 0 Å². The molecule has 3 amide bonds. The average molecular weight is 661 g/mol. The Morgan fingerprint density at radius 3 is 2.24 bits per heavy atom. The van der Waals surface area contributed by atoms with Crippen LogP contribution in [-0.2, 0) is 25.7 Å². The fraction of sp³-hybridized carbons (Fsp3) is 0.242. The third-order valence-electron chi connectivity index (χ3n) is 7.88. The second-order valence-corrected chi connectivity index (χ2v) is 13.1. The van der Waals surface area contributed by atoms with Crippen molar-refractivity contribution in [1.29, 1.82) is 0 Å². The van der Waals surface area contributed by atoms with Crippen molar-refractivity contribution in [2.75, 3.05) is 35.8 Å². The van der Waals surface area contributed by atoms with Gasteiger partial charge in [-0.3, -0.25) is 23.7 Å². The van der Waals surface area contributed by atoms with E-state index in [0.717, 1.165) is 39.2 Å². The van der Waals surface area contributed by atoms with Crippen molar-refractivity contribution >= 4 is 63.9 Å². The van der Waals surface area contributed by atoms with E-state index in [0.29, 0.717) is 21.2 Å². The van der Waals surface area contributed by atoms with Gasteiger partial charge in [0.15, 0.2) is 0 Å². The van der Waals surface area contributed by atoms with Crippen molar-refractivity contribution in [2.24, 2.45) is 5.92 Å². The van der Waals surface area contributed by atoms with Gasteiger partial charge >= 0.3 is 10.8 Å². The normalized spacial score (nSPS) is 18.6. The predicted octanol–water partition coefficient (Wildman–Crippen LogP) is 4.73. The molecule has 1 fully saturated rings. The van der Waals surface area contributed by atoms with E-state index in [4.69, 9.17) is 4.74 Å². The van der Waals surface area contributed by atoms with Crippen LogP contribution in [0.4, 0.5) is 21.5 Å². The summed E-state index contributed by atoms with van der Waals surface area (Å²) >= 11 is 2.05. The summed E-state index contributed by atoms with van der Waals surface area (Å²) in [5.74, 6) is -3.80. The van der Waals surface area contributed by atoms with Crippen LogP contribution in [0.3, 0.4) is 0 Å². The number of halogens is 1. The van der Waals surface area contributed by atoms with Crippen LogP contribution in [-0.4, -0.2) is 54.2 Å². The molecule has 1 aromatic heterocycles. The van der Waals surface area contributed by atoms with Crippen molar-refractivity contribution in [2.45, 2.75) is 29.7 Å². The van der Waals surface area contributed by atoms with E-state index in [2.05, 4.69) is 5.32 Å². The van der Waals surface area contributed by atoms with E-state index in [1.54, 1.807) is 19.1 Å². The number of nitrogens with zero attached hydrogens (tertiary/aromatic N) is 3. The molecule has 0 radical (unpaired) electrons. The van der Waals surface area contributed by atoms with Crippen LogP contribution >= 0.6 is 23.1 Å². The number of fused-ring (bicyclic) bond motifs is 2. The molecule has 0 spiro atoms. The molecule has 46 heavy (non-hydrogen) atoms. The molecule has 2 aliphatic rings. The lowest BCUT2D eigenvalue weighted by Gasteiger charge is -2.31. The Hall–Kier alpha value is -4.75. The molecule has 13 heteroatoms. The molecule has 2 aliphatic heterocycles. The van der Waals surface area contributed by atoms with Gasteiger partial charge in [0.1, 0.15) is 17.6 Å². The minimum absolute atomic E-state index is 0.239. The molecular formula is C33H29FN4O6S2. The highest BCUT2D eigenvalue weighted by molar-refractivity contribution is 8.00. The maximum Gasteiger partial charge on any atom is 0.338 e. The van der Waals surface area contributed by atoms with Crippen molar-refractivity contribution in [3.63, 3.8) is 0 Å². The van der Waals surface area contributed by atoms with Gasteiger partial charge < -0.3 is 15.0 Å². The summed E-state index contributed by atoms with van der Waals surface area (Å²) in [6.45, 7) is 1.62. The fourth-order valence-corrected chi connectivity index (χ4v) is 8.46. The summed E-state index contributed by atoms with van der Waals surface area (Å²) in [6.07, 6.45) is 0. The van der Waals surface area contributed by atoms with E-state index in [1.807, 2.05) is 43.3 Å². The number of carbonyl (C=O) groups excluding carboxylic acids is 4. The highest BCUT2D eigenvalue weighted by Crippen LogP contribution is 2.54. The number of thioether (sulfide) groups is 1. The van der Waals surface area contributed by atoms with Gasteiger partial charge in [-0.2, -0.15) is 0 Å². The zero-order valence-corrected chi connectivity index (χ0v) is 26.7. The molecule has 0 aliphatic carbocycles. The predicted molar refractivity (Wildman–Crippen MR) is 174 cm³/mol. The van der Waals surface area contributed by atoms with Crippen LogP contribution in [0.2, 0.25) is 0 Å². The molecule has 0 bridgehead atoms. The molecule has 3 heterocycles. The standard InChI is InChI=1S/C33H29FN4O6S2/c1-4-44-32(42)19-5-11-21(12-6-19)35-24(39)17-37-31-28(46-33(37)43)25(18-7-13-22(14-8-18)36(2)3)26-27(45-31)30(41)38(29(26)40)23-15-9-20(34)10-16-23/h5-16,25-27H,4,17H2,1-3H3,(H,35,39). The number of nitrogens with one attached hydrogen (secondary N) is 1. The molecule has 0 saturated carbocycles. The van der Waals surface area contributed by atoms with Crippen molar-refractivity contribution < 1.29 is 28.3 Å². The van der Waals surface area contributed by atoms with Gasteiger partial charge in [-0.05, 0) is 73.2 Å². The number of thiazole rings is 1. The van der Waals surface area contributed by atoms with Gasteiger partial charge in [0.05, 0.1) is 28.8 Å². The Labute approximate surface area is 271 Å². The molecule has 3 unspecified atom stereocenters. The summed E-state index contributed by atoms with van der Waals surface area (Å²) in [5, 5.41) is 2.33. The van der Waals surface area contributed by atoms with Crippen molar-refractivity contribution in [1.82, 2.24) is 4.57 Å².